The Morgan fingerprint density at radius 3 is 2.50 bits per heavy atom. The number of hydrogen-bond acceptors (Lipinski definition) is 1. The zero-order valence-corrected chi connectivity index (χ0v) is 4.77. The molecule has 0 aromatic rings. The Morgan fingerprint density at radius 1 is 1.67 bits per heavy atom. The minimum atomic E-state index is 0.719. The number of unbranched alkanes of at least 4 members (excludes halogenated alkanes) is 1. The van der Waals surface area contributed by atoms with Gasteiger partial charge in [-0.2, -0.15) is 0 Å². The van der Waals surface area contributed by atoms with Crippen LogP contribution in [0, 0.1) is 0 Å². The molecule has 0 bridgehead atoms. The average molecular weight is 137 g/mol. The molecule has 0 atom stereocenters. The molecule has 0 aromatic carbocycles. The standard InChI is InChI=1S/C4H9O.Cu/c1-2-3-4-5;/h2-4H2,1H3;/q-1;+2. The molecule has 0 unspecified atom stereocenters. The van der Waals surface area contributed by atoms with E-state index in [1.165, 1.54) is 0 Å². The van der Waals surface area contributed by atoms with E-state index in [2.05, 4.69) is 27.1 Å². The topological polar surface area (TPSA) is 9.23 Å². The Bertz CT molecular complexity index is 19.5. The van der Waals surface area contributed by atoms with Crippen molar-refractivity contribution < 1.29 is 20.2 Å². The molecule has 0 saturated heterocycles. The zero-order chi connectivity index (χ0) is 4.83. The van der Waals surface area contributed by atoms with E-state index >= 15 is 0 Å². The molecule has 0 radical (unpaired) electrons. The van der Waals surface area contributed by atoms with Crippen LogP contribution in [0.25, 0.3) is 0 Å². The van der Waals surface area contributed by atoms with Crippen LogP contribution in [0.2, 0.25) is 0 Å². The summed E-state index contributed by atoms with van der Waals surface area (Å²) in [7, 11) is 0. The summed E-state index contributed by atoms with van der Waals surface area (Å²) in [4.78, 5) is 0. The third kappa shape index (κ3) is 4.48. The van der Waals surface area contributed by atoms with Gasteiger partial charge in [-0.3, -0.25) is 0 Å². The maximum atomic E-state index is 4.34. The van der Waals surface area contributed by atoms with Crippen LogP contribution >= 0.6 is 0 Å². The molecule has 0 aliphatic rings. The van der Waals surface area contributed by atoms with Crippen molar-refractivity contribution in [1.82, 2.24) is 0 Å². The molecule has 0 N–H and O–H groups in total. The summed E-state index contributed by atoms with van der Waals surface area (Å²) >= 11 is 4.34. The molecule has 2 heteroatoms. The minimum absolute atomic E-state index is 0.719. The van der Waals surface area contributed by atoms with Crippen LogP contribution in [0.3, 0.4) is 0 Å². The quantitative estimate of drug-likeness (QED) is 0.420. The molecule has 0 heterocycles. The fraction of sp³-hybridized carbons (Fsp3) is 1.00. The third-order valence-corrected chi connectivity index (χ3v) is 0.752. The fourth-order valence-corrected chi connectivity index (χ4v) is 0.324. The van der Waals surface area contributed by atoms with Gasteiger partial charge in [0, 0.05) is 0 Å². The molecule has 0 saturated carbocycles. The van der Waals surface area contributed by atoms with Gasteiger partial charge in [-0.15, -0.1) is 0 Å². The van der Waals surface area contributed by atoms with E-state index in [9.17, 15) is 0 Å². The van der Waals surface area contributed by atoms with Gasteiger partial charge in [0.1, 0.15) is 0 Å². The molecule has 41 valence electrons. The fourth-order valence-electron chi connectivity index (χ4n) is 0.188. The molecule has 0 aliphatic carbocycles. The zero-order valence-electron chi connectivity index (χ0n) is 3.83. The first-order valence-electron chi connectivity index (χ1n) is 2.12. The second-order valence-corrected chi connectivity index (χ2v) is 1.42. The van der Waals surface area contributed by atoms with Gasteiger partial charge in [-0.05, 0) is 0 Å². The van der Waals surface area contributed by atoms with E-state index in [1.807, 2.05) is 0 Å². The second-order valence-electron chi connectivity index (χ2n) is 1.14. The van der Waals surface area contributed by atoms with Gasteiger partial charge in [0.2, 0.25) is 0 Å². The molecule has 0 amide bonds. The van der Waals surface area contributed by atoms with Crippen molar-refractivity contribution in [3.8, 4) is 0 Å². The van der Waals surface area contributed by atoms with Crippen molar-refractivity contribution in [3.63, 3.8) is 0 Å². The van der Waals surface area contributed by atoms with E-state index < -0.39 is 0 Å². The van der Waals surface area contributed by atoms with Gasteiger partial charge in [0.15, 0.2) is 0 Å². The van der Waals surface area contributed by atoms with Crippen molar-refractivity contribution in [2.75, 3.05) is 6.61 Å². The van der Waals surface area contributed by atoms with Crippen molar-refractivity contribution in [1.29, 1.82) is 0 Å². The van der Waals surface area contributed by atoms with Crippen LogP contribution in [-0.2, 0) is 20.2 Å². The second kappa shape index (κ2) is 5.48. The molecule has 0 spiro atoms. The molecule has 0 fully saturated rings. The third-order valence-electron chi connectivity index (χ3n) is 0.559. The van der Waals surface area contributed by atoms with Crippen LogP contribution < -0.4 is 0 Å². The predicted octanol–water partition coefficient (Wildman–Crippen LogP) is 1.26. The summed E-state index contributed by atoms with van der Waals surface area (Å²) in [5.74, 6) is 0. The van der Waals surface area contributed by atoms with Gasteiger partial charge in [0.05, 0.1) is 0 Å². The van der Waals surface area contributed by atoms with Crippen molar-refractivity contribution in [2.24, 2.45) is 0 Å². The summed E-state index contributed by atoms with van der Waals surface area (Å²) in [5.41, 5.74) is 0. The number of hydrogen-bond donors (Lipinski definition) is 0. The van der Waals surface area contributed by atoms with E-state index in [4.69, 9.17) is 0 Å². The molecule has 0 rings (SSSR count). The van der Waals surface area contributed by atoms with Gasteiger partial charge in [-0.25, -0.2) is 0 Å². The number of rotatable bonds is 3. The van der Waals surface area contributed by atoms with Crippen molar-refractivity contribution >= 4 is 0 Å². The molecule has 1 nitrogen and oxygen atoms in total. The summed E-state index contributed by atoms with van der Waals surface area (Å²) in [6, 6.07) is 0. The predicted molar refractivity (Wildman–Crippen MR) is 20.9 cm³/mol. The van der Waals surface area contributed by atoms with E-state index in [0.29, 0.717) is 0 Å². The van der Waals surface area contributed by atoms with Crippen molar-refractivity contribution in [2.45, 2.75) is 19.8 Å². The van der Waals surface area contributed by atoms with Crippen molar-refractivity contribution in [3.05, 3.63) is 0 Å². The molecule has 0 aliphatic heterocycles. The first kappa shape index (κ1) is 6.48. The van der Waals surface area contributed by atoms with E-state index in [1.54, 1.807) is 0 Å². The molecular weight excluding hydrogens is 128 g/mol. The Morgan fingerprint density at radius 2 is 2.33 bits per heavy atom. The van der Waals surface area contributed by atoms with Gasteiger partial charge in [-0.1, -0.05) is 0 Å². The Labute approximate surface area is 47.2 Å². The van der Waals surface area contributed by atoms with Crippen LogP contribution in [0.5, 0.6) is 0 Å². The van der Waals surface area contributed by atoms with E-state index in [0.717, 1.165) is 19.4 Å². The van der Waals surface area contributed by atoms with Crippen LogP contribution in [0.4, 0.5) is 0 Å². The van der Waals surface area contributed by atoms with Gasteiger partial charge >= 0.3 is 46.5 Å². The summed E-state index contributed by atoms with van der Waals surface area (Å²) < 4.78 is 4.34. The van der Waals surface area contributed by atoms with Crippen LogP contribution in [0.15, 0.2) is 0 Å². The first-order valence-corrected chi connectivity index (χ1v) is 2.50. The molecule has 6 heavy (non-hydrogen) atoms. The molecular formula is C4H9CuO+. The average Bonchev–Trinajstić information content (AvgIpc) is 1.61. The Kier molecular flexibility index (Phi) is 5.92. The van der Waals surface area contributed by atoms with Crippen LogP contribution in [0.1, 0.15) is 19.8 Å². The molecule has 0 aromatic heterocycles. The van der Waals surface area contributed by atoms with Gasteiger partial charge in [0.25, 0.3) is 0 Å². The summed E-state index contributed by atoms with van der Waals surface area (Å²) in [6.07, 6.45) is 2.24. The van der Waals surface area contributed by atoms with E-state index in [-0.39, 0.29) is 0 Å². The summed E-state index contributed by atoms with van der Waals surface area (Å²) in [6.45, 7) is 2.82. The maximum absolute atomic E-state index is 4.34. The Balaban J connectivity index is 2.34. The monoisotopic (exact) mass is 136 g/mol. The summed E-state index contributed by atoms with van der Waals surface area (Å²) in [5, 5.41) is 0. The Hall–Kier alpha value is 0.479. The SMILES string of the molecule is CCCC[O][Cu+]. The first-order chi connectivity index (χ1) is 2.91. The normalized spacial score (nSPS) is 9.17. The van der Waals surface area contributed by atoms with Gasteiger partial charge < -0.3 is 0 Å². The van der Waals surface area contributed by atoms with Crippen LogP contribution in [-0.4, -0.2) is 6.61 Å².